The number of benzene rings is 2. The van der Waals surface area contributed by atoms with E-state index in [1.807, 2.05) is 18.2 Å². The molecule has 0 aliphatic rings. The van der Waals surface area contributed by atoms with Crippen LogP contribution in [0.4, 0.5) is 5.69 Å². The van der Waals surface area contributed by atoms with Crippen molar-refractivity contribution in [1.82, 2.24) is 4.98 Å². The highest BCUT2D eigenvalue weighted by atomic mass is 79.9. The maximum Gasteiger partial charge on any atom is 0.358 e. The second kappa shape index (κ2) is 8.44. The first kappa shape index (κ1) is 18.6. The molecule has 3 aromatic rings. The minimum atomic E-state index is -0.649. The molecule has 0 aliphatic heterocycles. The van der Waals surface area contributed by atoms with Crippen molar-refractivity contribution >= 4 is 56.4 Å². The summed E-state index contributed by atoms with van der Waals surface area (Å²) in [5.74, 6) is -1.08. The van der Waals surface area contributed by atoms with Crippen LogP contribution in [0.1, 0.15) is 10.5 Å². The highest BCUT2D eigenvalue weighted by Gasteiger charge is 2.15. The topological polar surface area (TPSA) is 68.3 Å². The second-order valence-corrected chi connectivity index (χ2v) is 7.30. The summed E-state index contributed by atoms with van der Waals surface area (Å²) in [5, 5.41) is 5.55. The van der Waals surface area contributed by atoms with E-state index in [9.17, 15) is 9.59 Å². The molecule has 1 N–H and O–H groups in total. The molecule has 0 saturated carbocycles. The number of carbonyl (C=O) groups excluding carboxylic acids is 2. The first-order chi connectivity index (χ1) is 12.5. The standard InChI is InChI=1S/C18H12BrClN2O3S/c19-13-3-1-2-4-14(13)21-16(23)9-25-18(24)15-10-26-17(22-15)11-5-7-12(20)8-6-11/h1-8,10H,9H2,(H,21,23). The van der Waals surface area contributed by atoms with Crippen molar-refractivity contribution in [3.8, 4) is 10.6 Å². The largest absolute Gasteiger partial charge is 0.451 e. The van der Waals surface area contributed by atoms with Gasteiger partial charge in [-0.25, -0.2) is 9.78 Å². The number of hydrogen-bond donors (Lipinski definition) is 1. The van der Waals surface area contributed by atoms with Crippen LogP contribution in [0.25, 0.3) is 10.6 Å². The van der Waals surface area contributed by atoms with Crippen LogP contribution in [0.15, 0.2) is 58.4 Å². The normalized spacial score (nSPS) is 10.4. The predicted octanol–water partition coefficient (Wildman–Crippen LogP) is 5.02. The van der Waals surface area contributed by atoms with Crippen LogP contribution >= 0.6 is 38.9 Å². The maximum atomic E-state index is 12.1. The van der Waals surface area contributed by atoms with Crippen molar-refractivity contribution in [3.63, 3.8) is 0 Å². The van der Waals surface area contributed by atoms with Gasteiger partial charge in [-0.05, 0) is 40.2 Å². The number of carbonyl (C=O) groups is 2. The molecule has 1 amide bonds. The fourth-order valence-corrected chi connectivity index (χ4v) is 3.35. The Hall–Kier alpha value is -2.22. The van der Waals surface area contributed by atoms with Crippen molar-refractivity contribution in [2.75, 3.05) is 11.9 Å². The lowest BCUT2D eigenvalue weighted by molar-refractivity contribution is -0.119. The minimum Gasteiger partial charge on any atom is -0.451 e. The number of rotatable bonds is 5. The van der Waals surface area contributed by atoms with Crippen LogP contribution < -0.4 is 5.32 Å². The van der Waals surface area contributed by atoms with Crippen LogP contribution in [-0.4, -0.2) is 23.5 Å². The number of halogens is 2. The quantitative estimate of drug-likeness (QED) is 0.553. The maximum absolute atomic E-state index is 12.1. The molecule has 0 bridgehead atoms. The van der Waals surface area contributed by atoms with E-state index in [2.05, 4.69) is 26.2 Å². The summed E-state index contributed by atoms with van der Waals surface area (Å²) in [6.45, 7) is -0.395. The molecule has 2 aromatic carbocycles. The van der Waals surface area contributed by atoms with E-state index in [0.717, 1.165) is 10.0 Å². The summed E-state index contributed by atoms with van der Waals surface area (Å²) in [4.78, 5) is 28.2. The Bertz CT molecular complexity index is 944. The monoisotopic (exact) mass is 450 g/mol. The average molecular weight is 452 g/mol. The van der Waals surface area contributed by atoms with Crippen LogP contribution in [0.5, 0.6) is 0 Å². The van der Waals surface area contributed by atoms with Crippen molar-refractivity contribution < 1.29 is 14.3 Å². The zero-order valence-corrected chi connectivity index (χ0v) is 16.4. The molecule has 0 unspecified atom stereocenters. The van der Waals surface area contributed by atoms with Crippen molar-refractivity contribution in [2.45, 2.75) is 0 Å². The molecule has 8 heteroatoms. The number of amides is 1. The zero-order valence-electron chi connectivity index (χ0n) is 13.2. The third-order valence-corrected chi connectivity index (χ3v) is 5.12. The molecular formula is C18H12BrClN2O3S. The van der Waals surface area contributed by atoms with Gasteiger partial charge in [0.15, 0.2) is 12.3 Å². The van der Waals surface area contributed by atoms with E-state index in [1.165, 1.54) is 11.3 Å². The first-order valence-electron chi connectivity index (χ1n) is 7.46. The Kier molecular flexibility index (Phi) is 6.03. The molecule has 132 valence electrons. The smallest absolute Gasteiger partial charge is 0.358 e. The molecule has 0 spiro atoms. The van der Waals surface area contributed by atoms with Gasteiger partial charge in [-0.3, -0.25) is 4.79 Å². The molecule has 1 heterocycles. The summed E-state index contributed by atoms with van der Waals surface area (Å²) < 4.78 is 5.77. The van der Waals surface area contributed by atoms with E-state index in [0.29, 0.717) is 15.7 Å². The lowest BCUT2D eigenvalue weighted by Crippen LogP contribution is -2.21. The minimum absolute atomic E-state index is 0.161. The molecule has 0 saturated heterocycles. The number of ether oxygens (including phenoxy) is 1. The number of aromatic nitrogens is 1. The lowest BCUT2D eigenvalue weighted by atomic mass is 10.2. The molecular weight excluding hydrogens is 440 g/mol. The van der Waals surface area contributed by atoms with E-state index in [1.54, 1.807) is 35.7 Å². The van der Waals surface area contributed by atoms with Crippen molar-refractivity contribution in [3.05, 3.63) is 69.1 Å². The van der Waals surface area contributed by atoms with Gasteiger partial charge in [0.2, 0.25) is 0 Å². The summed E-state index contributed by atoms with van der Waals surface area (Å²) in [7, 11) is 0. The van der Waals surface area contributed by atoms with Gasteiger partial charge in [0.05, 0.1) is 5.69 Å². The summed E-state index contributed by atoms with van der Waals surface area (Å²) >= 11 is 10.5. The van der Waals surface area contributed by atoms with E-state index >= 15 is 0 Å². The third kappa shape index (κ3) is 4.69. The Morgan fingerprint density at radius 3 is 2.62 bits per heavy atom. The van der Waals surface area contributed by atoms with Gasteiger partial charge in [-0.1, -0.05) is 35.9 Å². The van der Waals surface area contributed by atoms with Crippen molar-refractivity contribution in [1.29, 1.82) is 0 Å². The van der Waals surface area contributed by atoms with Crippen LogP contribution in [0.3, 0.4) is 0 Å². The molecule has 3 rings (SSSR count). The Morgan fingerprint density at radius 2 is 1.88 bits per heavy atom. The SMILES string of the molecule is O=C(COC(=O)c1csc(-c2ccc(Cl)cc2)n1)Nc1ccccc1Br. The summed E-state index contributed by atoms with van der Waals surface area (Å²) in [6.07, 6.45) is 0. The van der Waals surface area contributed by atoms with E-state index in [4.69, 9.17) is 16.3 Å². The number of hydrogen-bond acceptors (Lipinski definition) is 5. The van der Waals surface area contributed by atoms with Gasteiger partial charge in [0, 0.05) is 20.4 Å². The number of esters is 1. The van der Waals surface area contributed by atoms with Gasteiger partial charge in [-0.15, -0.1) is 11.3 Å². The van der Waals surface area contributed by atoms with Crippen LogP contribution in [0, 0.1) is 0 Å². The number of nitrogens with zero attached hydrogens (tertiary/aromatic N) is 1. The summed E-state index contributed by atoms with van der Waals surface area (Å²) in [5.41, 5.74) is 1.62. The first-order valence-corrected chi connectivity index (χ1v) is 9.51. The number of thiazole rings is 1. The number of nitrogens with one attached hydrogen (secondary N) is 1. The Labute approximate surface area is 167 Å². The zero-order chi connectivity index (χ0) is 18.5. The molecule has 0 atom stereocenters. The fourth-order valence-electron chi connectivity index (χ4n) is 2.05. The van der Waals surface area contributed by atoms with Gasteiger partial charge in [0.25, 0.3) is 5.91 Å². The predicted molar refractivity (Wildman–Crippen MR) is 106 cm³/mol. The molecule has 0 radical (unpaired) electrons. The molecule has 0 aliphatic carbocycles. The van der Waals surface area contributed by atoms with Gasteiger partial charge in [-0.2, -0.15) is 0 Å². The van der Waals surface area contributed by atoms with Gasteiger partial charge < -0.3 is 10.1 Å². The highest BCUT2D eigenvalue weighted by Crippen LogP contribution is 2.25. The van der Waals surface area contributed by atoms with Crippen LogP contribution in [-0.2, 0) is 9.53 Å². The fraction of sp³-hybridized carbons (Fsp3) is 0.0556. The molecule has 1 aromatic heterocycles. The van der Waals surface area contributed by atoms with Crippen molar-refractivity contribution in [2.24, 2.45) is 0 Å². The summed E-state index contributed by atoms with van der Waals surface area (Å²) in [6, 6.07) is 14.3. The van der Waals surface area contributed by atoms with Crippen LogP contribution in [0.2, 0.25) is 5.02 Å². The average Bonchev–Trinajstić information content (AvgIpc) is 3.12. The molecule has 26 heavy (non-hydrogen) atoms. The number of anilines is 1. The number of para-hydroxylation sites is 1. The second-order valence-electron chi connectivity index (χ2n) is 5.15. The molecule has 5 nitrogen and oxygen atoms in total. The highest BCUT2D eigenvalue weighted by molar-refractivity contribution is 9.10. The molecule has 0 fully saturated rings. The third-order valence-electron chi connectivity index (χ3n) is 3.29. The Balaban J connectivity index is 1.58. The lowest BCUT2D eigenvalue weighted by Gasteiger charge is -2.07. The van der Waals surface area contributed by atoms with Gasteiger partial charge in [0.1, 0.15) is 5.01 Å². The van der Waals surface area contributed by atoms with Gasteiger partial charge >= 0.3 is 5.97 Å². The van der Waals surface area contributed by atoms with E-state index in [-0.39, 0.29) is 5.69 Å². The Morgan fingerprint density at radius 1 is 1.15 bits per heavy atom. The van der Waals surface area contributed by atoms with E-state index < -0.39 is 18.5 Å².